The standard InChI is InChI=1S/C13H17ClN4O2S/c1-3-15-7-10-4-5-12(14)13(6-10)21(19,20)17-11-8-16-18(2)9-11/h4-6,8-9,15,17H,3,7H2,1-2H3. The molecule has 21 heavy (non-hydrogen) atoms. The van der Waals surface area contributed by atoms with Crippen molar-refractivity contribution in [2.75, 3.05) is 11.3 Å². The molecule has 0 aliphatic heterocycles. The van der Waals surface area contributed by atoms with Crippen molar-refractivity contribution in [3.63, 3.8) is 0 Å². The molecule has 0 fully saturated rings. The number of rotatable bonds is 6. The fourth-order valence-corrected chi connectivity index (χ4v) is 3.40. The van der Waals surface area contributed by atoms with Crippen LogP contribution in [0.25, 0.3) is 0 Å². The predicted octanol–water partition coefficient (Wildman–Crippen LogP) is 1.98. The second-order valence-corrected chi connectivity index (χ2v) is 6.61. The SMILES string of the molecule is CCNCc1ccc(Cl)c(S(=O)(=O)Nc2cnn(C)c2)c1. The van der Waals surface area contributed by atoms with Gasteiger partial charge in [-0.1, -0.05) is 24.6 Å². The zero-order valence-corrected chi connectivity index (χ0v) is 13.4. The van der Waals surface area contributed by atoms with E-state index in [0.29, 0.717) is 12.2 Å². The Hall–Kier alpha value is -1.57. The number of benzene rings is 1. The van der Waals surface area contributed by atoms with Crippen molar-refractivity contribution in [3.8, 4) is 0 Å². The molecule has 1 aromatic heterocycles. The molecule has 2 N–H and O–H groups in total. The van der Waals surface area contributed by atoms with Gasteiger partial charge < -0.3 is 5.32 Å². The van der Waals surface area contributed by atoms with E-state index in [2.05, 4.69) is 15.1 Å². The van der Waals surface area contributed by atoms with Gasteiger partial charge in [0.25, 0.3) is 10.0 Å². The van der Waals surface area contributed by atoms with Gasteiger partial charge in [-0.2, -0.15) is 5.10 Å². The number of sulfonamides is 1. The summed E-state index contributed by atoms with van der Waals surface area (Å²) in [5.41, 5.74) is 1.25. The number of hydrogen-bond acceptors (Lipinski definition) is 4. The highest BCUT2D eigenvalue weighted by molar-refractivity contribution is 7.92. The van der Waals surface area contributed by atoms with Crippen LogP contribution in [0.3, 0.4) is 0 Å². The van der Waals surface area contributed by atoms with Crippen LogP contribution in [0.1, 0.15) is 12.5 Å². The van der Waals surface area contributed by atoms with E-state index in [4.69, 9.17) is 11.6 Å². The number of hydrogen-bond donors (Lipinski definition) is 2. The molecule has 0 aliphatic rings. The van der Waals surface area contributed by atoms with Gasteiger partial charge in [-0.25, -0.2) is 8.42 Å². The number of halogens is 1. The van der Waals surface area contributed by atoms with Gasteiger partial charge in [0.15, 0.2) is 0 Å². The van der Waals surface area contributed by atoms with Crippen molar-refractivity contribution in [2.45, 2.75) is 18.4 Å². The molecule has 8 heteroatoms. The molecule has 0 spiro atoms. The fraction of sp³-hybridized carbons (Fsp3) is 0.308. The Morgan fingerprint density at radius 1 is 1.38 bits per heavy atom. The van der Waals surface area contributed by atoms with E-state index in [0.717, 1.165) is 12.1 Å². The van der Waals surface area contributed by atoms with Crippen molar-refractivity contribution in [3.05, 3.63) is 41.2 Å². The maximum Gasteiger partial charge on any atom is 0.263 e. The van der Waals surface area contributed by atoms with Crippen LogP contribution in [0.2, 0.25) is 5.02 Å². The average molecular weight is 329 g/mol. The lowest BCUT2D eigenvalue weighted by Gasteiger charge is -2.10. The van der Waals surface area contributed by atoms with Crippen molar-refractivity contribution in [2.24, 2.45) is 7.05 Å². The minimum atomic E-state index is -3.74. The fourth-order valence-electron chi connectivity index (χ4n) is 1.82. The molecule has 6 nitrogen and oxygen atoms in total. The number of aromatic nitrogens is 2. The van der Waals surface area contributed by atoms with Crippen LogP contribution in [-0.2, 0) is 23.6 Å². The summed E-state index contributed by atoms with van der Waals surface area (Å²) in [5.74, 6) is 0. The number of nitrogens with one attached hydrogen (secondary N) is 2. The number of anilines is 1. The molecule has 0 atom stereocenters. The highest BCUT2D eigenvalue weighted by atomic mass is 35.5. The first-order valence-electron chi connectivity index (χ1n) is 6.43. The van der Waals surface area contributed by atoms with E-state index in [1.54, 1.807) is 31.4 Å². The topological polar surface area (TPSA) is 76.0 Å². The minimum Gasteiger partial charge on any atom is -0.313 e. The third-order valence-corrected chi connectivity index (χ3v) is 4.68. The molecule has 0 bridgehead atoms. The van der Waals surface area contributed by atoms with Crippen LogP contribution in [0.4, 0.5) is 5.69 Å². The van der Waals surface area contributed by atoms with Gasteiger partial charge in [0.2, 0.25) is 0 Å². The summed E-state index contributed by atoms with van der Waals surface area (Å²) in [5, 5.41) is 7.25. The first-order chi connectivity index (χ1) is 9.92. The molecular weight excluding hydrogens is 312 g/mol. The summed E-state index contributed by atoms with van der Waals surface area (Å²) >= 11 is 6.03. The van der Waals surface area contributed by atoms with E-state index in [1.807, 2.05) is 6.92 Å². The lowest BCUT2D eigenvalue weighted by atomic mass is 10.2. The summed E-state index contributed by atoms with van der Waals surface area (Å²) in [6.45, 7) is 3.37. The maximum absolute atomic E-state index is 12.4. The zero-order valence-electron chi connectivity index (χ0n) is 11.8. The normalized spacial score (nSPS) is 11.6. The van der Waals surface area contributed by atoms with E-state index < -0.39 is 10.0 Å². The second kappa shape index (κ2) is 6.46. The highest BCUT2D eigenvalue weighted by Gasteiger charge is 2.19. The quantitative estimate of drug-likeness (QED) is 0.850. The van der Waals surface area contributed by atoms with Crippen LogP contribution in [-0.4, -0.2) is 24.7 Å². The summed E-state index contributed by atoms with van der Waals surface area (Å²) < 4.78 is 28.8. The van der Waals surface area contributed by atoms with Gasteiger partial charge in [-0.3, -0.25) is 9.40 Å². The molecule has 0 saturated heterocycles. The lowest BCUT2D eigenvalue weighted by Crippen LogP contribution is -2.15. The Kier molecular flexibility index (Phi) is 4.87. The van der Waals surface area contributed by atoms with Crippen LogP contribution in [0, 0.1) is 0 Å². The molecule has 0 aliphatic carbocycles. The van der Waals surface area contributed by atoms with Crippen LogP contribution < -0.4 is 10.0 Å². The van der Waals surface area contributed by atoms with Gasteiger partial charge in [0.1, 0.15) is 4.90 Å². The molecule has 0 radical (unpaired) electrons. The molecule has 0 unspecified atom stereocenters. The second-order valence-electron chi connectivity index (χ2n) is 4.55. The zero-order chi connectivity index (χ0) is 15.5. The predicted molar refractivity (Wildman–Crippen MR) is 82.8 cm³/mol. The molecular formula is C13H17ClN4O2S. The average Bonchev–Trinajstić information content (AvgIpc) is 2.82. The summed E-state index contributed by atoms with van der Waals surface area (Å²) in [4.78, 5) is 0.0587. The van der Waals surface area contributed by atoms with E-state index in [-0.39, 0.29) is 9.92 Å². The van der Waals surface area contributed by atoms with Gasteiger partial charge in [0.05, 0.1) is 16.9 Å². The highest BCUT2D eigenvalue weighted by Crippen LogP contribution is 2.24. The van der Waals surface area contributed by atoms with E-state index in [1.165, 1.54) is 10.9 Å². The third kappa shape index (κ3) is 3.96. The summed E-state index contributed by atoms with van der Waals surface area (Å²) in [6.07, 6.45) is 3.02. The van der Waals surface area contributed by atoms with Crippen molar-refractivity contribution >= 4 is 27.3 Å². The van der Waals surface area contributed by atoms with Gasteiger partial charge in [-0.15, -0.1) is 0 Å². The molecule has 0 saturated carbocycles. The molecule has 2 rings (SSSR count). The van der Waals surface area contributed by atoms with Gasteiger partial charge >= 0.3 is 0 Å². The molecule has 1 aromatic carbocycles. The Morgan fingerprint density at radius 3 is 2.76 bits per heavy atom. The number of aryl methyl sites for hydroxylation is 1. The first-order valence-corrected chi connectivity index (χ1v) is 8.29. The van der Waals surface area contributed by atoms with E-state index in [9.17, 15) is 8.42 Å². The van der Waals surface area contributed by atoms with Crippen LogP contribution in [0.15, 0.2) is 35.5 Å². The number of nitrogens with zero attached hydrogens (tertiary/aromatic N) is 2. The minimum absolute atomic E-state index is 0.0587. The first kappa shape index (κ1) is 15.8. The molecule has 1 heterocycles. The van der Waals surface area contributed by atoms with Gasteiger partial charge in [-0.05, 0) is 24.2 Å². The molecule has 0 amide bonds. The monoisotopic (exact) mass is 328 g/mol. The molecule has 2 aromatic rings. The van der Waals surface area contributed by atoms with Crippen molar-refractivity contribution < 1.29 is 8.42 Å². The Balaban J connectivity index is 2.30. The van der Waals surface area contributed by atoms with Crippen LogP contribution >= 0.6 is 11.6 Å². The largest absolute Gasteiger partial charge is 0.313 e. The summed E-state index contributed by atoms with van der Waals surface area (Å²) in [6, 6.07) is 4.96. The van der Waals surface area contributed by atoms with E-state index >= 15 is 0 Å². The third-order valence-electron chi connectivity index (χ3n) is 2.82. The Labute approximate surface area is 129 Å². The molecule has 114 valence electrons. The summed E-state index contributed by atoms with van der Waals surface area (Å²) in [7, 11) is -2.03. The van der Waals surface area contributed by atoms with Crippen molar-refractivity contribution in [1.29, 1.82) is 0 Å². The maximum atomic E-state index is 12.4. The van der Waals surface area contributed by atoms with Crippen LogP contribution in [0.5, 0.6) is 0 Å². The van der Waals surface area contributed by atoms with Gasteiger partial charge in [0, 0.05) is 19.8 Å². The van der Waals surface area contributed by atoms with Crippen molar-refractivity contribution in [1.82, 2.24) is 15.1 Å². The Bertz CT molecular complexity index is 728. The Morgan fingerprint density at radius 2 is 2.14 bits per heavy atom. The smallest absolute Gasteiger partial charge is 0.263 e. The lowest BCUT2D eigenvalue weighted by molar-refractivity contribution is 0.601.